The van der Waals surface area contributed by atoms with E-state index in [-0.39, 0.29) is 6.03 Å². The number of aromatic nitrogens is 3. The van der Waals surface area contributed by atoms with Gasteiger partial charge in [-0.3, -0.25) is 10.00 Å². The molecule has 1 N–H and O–H groups in total. The van der Waals surface area contributed by atoms with Gasteiger partial charge in [-0.1, -0.05) is 0 Å². The van der Waals surface area contributed by atoms with Gasteiger partial charge in [-0.2, -0.15) is 5.10 Å². The summed E-state index contributed by atoms with van der Waals surface area (Å²) in [6.07, 6.45) is 11.0. The van der Waals surface area contributed by atoms with Crippen LogP contribution in [0.2, 0.25) is 0 Å². The third-order valence-electron chi connectivity index (χ3n) is 5.82. The van der Waals surface area contributed by atoms with Crippen molar-refractivity contribution in [2.45, 2.75) is 56.5 Å². The van der Waals surface area contributed by atoms with Crippen LogP contribution in [0, 0.1) is 0 Å². The first kappa shape index (κ1) is 14.9. The highest BCUT2D eigenvalue weighted by Gasteiger charge is 2.44. The Morgan fingerprint density at radius 2 is 2.04 bits per heavy atom. The van der Waals surface area contributed by atoms with Gasteiger partial charge >= 0.3 is 6.03 Å². The second-order valence-corrected chi connectivity index (χ2v) is 7.62. The maximum absolute atomic E-state index is 12.6. The van der Waals surface area contributed by atoms with E-state index in [4.69, 9.17) is 0 Å². The van der Waals surface area contributed by atoms with Crippen molar-refractivity contribution < 1.29 is 4.79 Å². The number of anilines is 1. The predicted molar refractivity (Wildman–Crippen MR) is 95.3 cm³/mol. The molecule has 2 amide bonds. The first-order valence-electron chi connectivity index (χ1n) is 9.28. The van der Waals surface area contributed by atoms with E-state index in [0.29, 0.717) is 23.8 Å². The van der Waals surface area contributed by atoms with E-state index in [2.05, 4.69) is 15.4 Å². The van der Waals surface area contributed by atoms with E-state index in [9.17, 15) is 4.79 Å². The molecular formula is C19H23N5O. The van der Waals surface area contributed by atoms with E-state index < -0.39 is 0 Å². The van der Waals surface area contributed by atoms with Crippen LogP contribution < -0.4 is 5.32 Å². The highest BCUT2D eigenvalue weighted by Crippen LogP contribution is 2.44. The minimum absolute atomic E-state index is 0.000377. The van der Waals surface area contributed by atoms with Crippen molar-refractivity contribution in [1.82, 2.24) is 19.7 Å². The van der Waals surface area contributed by atoms with Crippen molar-refractivity contribution >= 4 is 11.8 Å². The Labute approximate surface area is 147 Å². The van der Waals surface area contributed by atoms with Gasteiger partial charge in [0.05, 0.1) is 5.69 Å². The lowest BCUT2D eigenvalue weighted by Gasteiger charge is -2.52. The van der Waals surface area contributed by atoms with Crippen LogP contribution in [-0.2, 0) is 7.05 Å². The van der Waals surface area contributed by atoms with Crippen LogP contribution in [0.3, 0.4) is 0 Å². The Morgan fingerprint density at radius 1 is 1.24 bits per heavy atom. The SMILES string of the molecule is Cn1ccc(-c2cc(NC(=O)N3C4CCCC3C4)ncc2C2CC2)n1. The Bertz CT molecular complexity index is 811. The van der Waals surface area contributed by atoms with Gasteiger partial charge in [-0.15, -0.1) is 0 Å². The molecule has 5 rings (SSSR count). The van der Waals surface area contributed by atoms with E-state index in [0.717, 1.165) is 24.1 Å². The lowest BCUT2D eigenvalue weighted by Crippen LogP contribution is -2.62. The van der Waals surface area contributed by atoms with Gasteiger partial charge < -0.3 is 4.90 Å². The Kier molecular flexibility index (Phi) is 3.33. The topological polar surface area (TPSA) is 63.1 Å². The quantitative estimate of drug-likeness (QED) is 0.932. The fourth-order valence-corrected chi connectivity index (χ4v) is 4.34. The number of rotatable bonds is 3. The number of carbonyl (C=O) groups is 1. The second-order valence-electron chi connectivity index (χ2n) is 7.62. The first-order chi connectivity index (χ1) is 12.2. The standard InChI is InChI=1S/C19H23N5O/c1-23-8-7-17(22-23)15-10-18(20-11-16(15)12-5-6-12)21-19(25)24-13-3-2-4-14(24)9-13/h7-8,10-14H,2-6,9H2,1H3,(H,20,21,25). The Morgan fingerprint density at radius 3 is 2.68 bits per heavy atom. The van der Waals surface area contributed by atoms with Gasteiger partial charge in [0.2, 0.25) is 0 Å². The normalized spacial score (nSPS) is 24.8. The van der Waals surface area contributed by atoms with Gasteiger partial charge in [-0.05, 0) is 62.1 Å². The number of aryl methyl sites for hydroxylation is 1. The van der Waals surface area contributed by atoms with E-state index in [1.54, 1.807) is 0 Å². The van der Waals surface area contributed by atoms with E-state index >= 15 is 0 Å². The van der Waals surface area contributed by atoms with Crippen molar-refractivity contribution in [3.05, 3.63) is 30.1 Å². The molecule has 1 aliphatic carbocycles. The monoisotopic (exact) mass is 337 g/mol. The number of hydrogen-bond acceptors (Lipinski definition) is 3. The van der Waals surface area contributed by atoms with Gasteiger partial charge in [0.1, 0.15) is 5.82 Å². The number of hydrogen-bond donors (Lipinski definition) is 1. The summed E-state index contributed by atoms with van der Waals surface area (Å²) in [6, 6.07) is 4.87. The predicted octanol–water partition coefficient (Wildman–Crippen LogP) is 3.52. The molecule has 1 saturated carbocycles. The van der Waals surface area contributed by atoms with Crippen molar-refractivity contribution in [2.75, 3.05) is 5.32 Å². The van der Waals surface area contributed by atoms with Crippen LogP contribution in [-0.4, -0.2) is 37.8 Å². The van der Waals surface area contributed by atoms with Crippen molar-refractivity contribution in [2.24, 2.45) is 7.05 Å². The lowest BCUT2D eigenvalue weighted by molar-refractivity contribution is 0.0173. The van der Waals surface area contributed by atoms with Crippen LogP contribution in [0.4, 0.5) is 10.6 Å². The van der Waals surface area contributed by atoms with Crippen molar-refractivity contribution in [3.63, 3.8) is 0 Å². The minimum atomic E-state index is -0.000377. The summed E-state index contributed by atoms with van der Waals surface area (Å²) in [7, 11) is 1.92. The fourth-order valence-electron chi connectivity index (χ4n) is 4.34. The molecule has 2 atom stereocenters. The summed E-state index contributed by atoms with van der Waals surface area (Å²) in [5.74, 6) is 1.21. The number of pyridine rings is 1. The maximum atomic E-state index is 12.6. The number of amides is 2. The molecule has 6 nitrogen and oxygen atoms in total. The van der Waals surface area contributed by atoms with Crippen molar-refractivity contribution in [1.29, 1.82) is 0 Å². The molecule has 4 heterocycles. The molecular weight excluding hydrogens is 314 g/mol. The molecule has 2 unspecified atom stereocenters. The molecule has 2 bridgehead atoms. The van der Waals surface area contributed by atoms with Crippen LogP contribution in [0.15, 0.2) is 24.5 Å². The van der Waals surface area contributed by atoms with Gasteiger partial charge in [0.15, 0.2) is 0 Å². The molecule has 3 fully saturated rings. The molecule has 2 saturated heterocycles. The van der Waals surface area contributed by atoms with E-state index in [1.165, 1.54) is 31.2 Å². The molecule has 2 aliphatic heterocycles. The number of carbonyl (C=O) groups excluding carboxylic acids is 1. The second kappa shape index (κ2) is 5.58. The number of nitrogens with zero attached hydrogens (tertiary/aromatic N) is 4. The highest BCUT2D eigenvalue weighted by molar-refractivity contribution is 5.90. The van der Waals surface area contributed by atoms with Crippen LogP contribution in [0.25, 0.3) is 11.3 Å². The summed E-state index contributed by atoms with van der Waals surface area (Å²) in [5.41, 5.74) is 3.29. The Hall–Kier alpha value is -2.37. The third-order valence-corrected chi connectivity index (χ3v) is 5.82. The molecule has 130 valence electrons. The lowest BCUT2D eigenvalue weighted by atomic mass is 9.80. The summed E-state index contributed by atoms with van der Waals surface area (Å²) in [5, 5.41) is 7.56. The molecule has 3 aliphatic rings. The molecule has 6 heteroatoms. The first-order valence-corrected chi connectivity index (χ1v) is 9.28. The highest BCUT2D eigenvalue weighted by atomic mass is 16.2. The molecule has 0 radical (unpaired) electrons. The zero-order chi connectivity index (χ0) is 17.0. The zero-order valence-corrected chi connectivity index (χ0v) is 14.5. The molecule has 0 spiro atoms. The smallest absolute Gasteiger partial charge is 0.318 e. The van der Waals surface area contributed by atoms with Crippen LogP contribution >= 0.6 is 0 Å². The molecule has 2 aromatic rings. The molecule has 0 aromatic carbocycles. The Balaban J connectivity index is 1.41. The van der Waals surface area contributed by atoms with Gasteiger partial charge in [-0.25, -0.2) is 9.78 Å². The summed E-state index contributed by atoms with van der Waals surface area (Å²) in [6.45, 7) is 0. The summed E-state index contributed by atoms with van der Waals surface area (Å²) in [4.78, 5) is 19.2. The van der Waals surface area contributed by atoms with Crippen LogP contribution in [0.1, 0.15) is 50.0 Å². The summed E-state index contributed by atoms with van der Waals surface area (Å²) < 4.78 is 1.81. The zero-order valence-electron chi connectivity index (χ0n) is 14.5. The average molecular weight is 337 g/mol. The van der Waals surface area contributed by atoms with Gasteiger partial charge in [0, 0.05) is 37.1 Å². The maximum Gasteiger partial charge on any atom is 0.323 e. The average Bonchev–Trinajstić information content (AvgIpc) is 3.36. The number of piperidine rings is 1. The van der Waals surface area contributed by atoms with Crippen LogP contribution in [0.5, 0.6) is 0 Å². The minimum Gasteiger partial charge on any atom is -0.318 e. The number of nitrogens with one attached hydrogen (secondary N) is 1. The van der Waals surface area contributed by atoms with Crippen molar-refractivity contribution in [3.8, 4) is 11.3 Å². The molecule has 25 heavy (non-hydrogen) atoms. The van der Waals surface area contributed by atoms with E-state index in [1.807, 2.05) is 41.2 Å². The summed E-state index contributed by atoms with van der Waals surface area (Å²) >= 11 is 0. The molecule has 2 aromatic heterocycles. The van der Waals surface area contributed by atoms with Gasteiger partial charge in [0.25, 0.3) is 0 Å². The number of fused-ring (bicyclic) bond motifs is 2. The number of urea groups is 1. The third kappa shape index (κ3) is 2.60. The largest absolute Gasteiger partial charge is 0.323 e. The fraction of sp³-hybridized carbons (Fsp3) is 0.526.